The van der Waals surface area contributed by atoms with Crippen molar-refractivity contribution in [3.63, 3.8) is 0 Å². The average Bonchev–Trinajstić information content (AvgIpc) is 2.85. The number of nitrogens with zero attached hydrogens (tertiary/aromatic N) is 3. The van der Waals surface area contributed by atoms with Gasteiger partial charge in [0.25, 0.3) is 0 Å². The molecule has 0 saturated carbocycles. The Hall–Kier alpha value is -2.40. The van der Waals surface area contributed by atoms with E-state index in [4.69, 9.17) is 4.74 Å². The van der Waals surface area contributed by atoms with E-state index in [-0.39, 0.29) is 0 Å². The molecule has 0 fully saturated rings. The summed E-state index contributed by atoms with van der Waals surface area (Å²) in [6.07, 6.45) is 1.71. The van der Waals surface area contributed by atoms with Crippen LogP contribution in [0.1, 0.15) is 5.56 Å². The number of para-hydroxylation sites is 2. The van der Waals surface area contributed by atoms with E-state index in [1.165, 1.54) is 4.70 Å². The van der Waals surface area contributed by atoms with Crippen LogP contribution in [-0.2, 0) is 7.05 Å². The molecule has 1 aromatic heterocycles. The van der Waals surface area contributed by atoms with Gasteiger partial charge in [0, 0.05) is 12.6 Å². The molecule has 3 rings (SSSR count). The predicted octanol–water partition coefficient (Wildman–Crippen LogP) is 3.18. The van der Waals surface area contributed by atoms with Crippen LogP contribution in [0, 0.1) is 0 Å². The quantitative estimate of drug-likeness (QED) is 0.540. The van der Waals surface area contributed by atoms with Crippen LogP contribution < -0.4 is 9.54 Å². The number of hydrogen-bond acceptors (Lipinski definition) is 4. The number of aryl methyl sites for hydroxylation is 1. The molecule has 2 aromatic carbocycles. The minimum atomic E-state index is 0.789. The topological polar surface area (TPSA) is 38.9 Å². The van der Waals surface area contributed by atoms with E-state index in [1.807, 2.05) is 48.0 Å². The van der Waals surface area contributed by atoms with E-state index in [0.717, 1.165) is 21.6 Å². The number of benzene rings is 2. The summed E-state index contributed by atoms with van der Waals surface area (Å²) < 4.78 is 8.53. The number of hydrogen-bond donors (Lipinski definition) is 0. The Bertz CT molecular complexity index is 861. The summed E-state index contributed by atoms with van der Waals surface area (Å²) in [6.45, 7) is 0. The molecule has 0 unspecified atom stereocenters. The minimum Gasteiger partial charge on any atom is -0.496 e. The van der Waals surface area contributed by atoms with Crippen LogP contribution in [0.15, 0.2) is 58.7 Å². The fraction of sp³-hybridized carbons (Fsp3) is 0.125. The van der Waals surface area contributed by atoms with E-state index in [0.29, 0.717) is 0 Å². The smallest absolute Gasteiger partial charge is 0.211 e. The summed E-state index contributed by atoms with van der Waals surface area (Å²) in [5, 5.41) is 8.50. The standard InChI is InChI=1S/C16H15N3OS/c1-19-13-8-4-6-10-15(13)21-16(19)18-17-11-12-7-3-5-9-14(12)20-2/h3-11H,1-2H3/b17-11+,18-16-. The molecular formula is C16H15N3OS. The SMILES string of the molecule is COc1ccccc1/C=N/N=c1\sc2ccccc2n1C. The Labute approximate surface area is 126 Å². The van der Waals surface area contributed by atoms with Gasteiger partial charge in [0.1, 0.15) is 5.75 Å². The molecule has 0 aliphatic rings. The van der Waals surface area contributed by atoms with Crippen LogP contribution in [0.3, 0.4) is 0 Å². The van der Waals surface area contributed by atoms with Gasteiger partial charge in [-0.15, -0.1) is 5.10 Å². The van der Waals surface area contributed by atoms with Gasteiger partial charge in [-0.3, -0.25) is 0 Å². The highest BCUT2D eigenvalue weighted by Gasteiger charge is 2.01. The number of rotatable bonds is 3. The first-order valence-electron chi connectivity index (χ1n) is 6.54. The van der Waals surface area contributed by atoms with Gasteiger partial charge < -0.3 is 9.30 Å². The minimum absolute atomic E-state index is 0.789. The van der Waals surface area contributed by atoms with Gasteiger partial charge >= 0.3 is 0 Å². The van der Waals surface area contributed by atoms with Crippen molar-refractivity contribution in [3.05, 3.63) is 58.9 Å². The van der Waals surface area contributed by atoms with Crippen molar-refractivity contribution in [1.29, 1.82) is 0 Å². The lowest BCUT2D eigenvalue weighted by Crippen LogP contribution is -2.08. The highest BCUT2D eigenvalue weighted by molar-refractivity contribution is 7.16. The molecule has 0 bridgehead atoms. The predicted molar refractivity (Wildman–Crippen MR) is 86.9 cm³/mol. The number of ether oxygens (including phenoxy) is 1. The molecule has 4 nitrogen and oxygen atoms in total. The van der Waals surface area contributed by atoms with Crippen molar-refractivity contribution in [2.24, 2.45) is 17.3 Å². The Balaban J connectivity index is 1.98. The maximum atomic E-state index is 5.28. The van der Waals surface area contributed by atoms with Crippen molar-refractivity contribution in [3.8, 4) is 5.75 Å². The molecule has 21 heavy (non-hydrogen) atoms. The van der Waals surface area contributed by atoms with Gasteiger partial charge in [-0.2, -0.15) is 5.10 Å². The fourth-order valence-corrected chi connectivity index (χ4v) is 3.07. The molecule has 0 spiro atoms. The Morgan fingerprint density at radius 1 is 1.10 bits per heavy atom. The largest absolute Gasteiger partial charge is 0.496 e. The third-order valence-corrected chi connectivity index (χ3v) is 4.30. The number of thiazole rings is 1. The Kier molecular flexibility index (Phi) is 3.83. The molecule has 0 saturated heterocycles. The van der Waals surface area contributed by atoms with E-state index in [1.54, 1.807) is 24.7 Å². The summed E-state index contributed by atoms with van der Waals surface area (Å²) in [5.41, 5.74) is 2.07. The summed E-state index contributed by atoms with van der Waals surface area (Å²) in [7, 11) is 3.64. The van der Waals surface area contributed by atoms with E-state index < -0.39 is 0 Å². The molecule has 3 aromatic rings. The molecule has 0 N–H and O–H groups in total. The van der Waals surface area contributed by atoms with Gasteiger partial charge in [0.15, 0.2) is 0 Å². The van der Waals surface area contributed by atoms with E-state index in [9.17, 15) is 0 Å². The third kappa shape index (κ3) is 2.73. The van der Waals surface area contributed by atoms with Crippen LogP contribution in [0.2, 0.25) is 0 Å². The van der Waals surface area contributed by atoms with Crippen LogP contribution in [0.25, 0.3) is 10.2 Å². The highest BCUT2D eigenvalue weighted by atomic mass is 32.1. The second kappa shape index (κ2) is 5.93. The zero-order chi connectivity index (χ0) is 14.7. The van der Waals surface area contributed by atoms with Crippen molar-refractivity contribution in [2.75, 3.05) is 7.11 Å². The van der Waals surface area contributed by atoms with Crippen LogP contribution in [-0.4, -0.2) is 17.9 Å². The van der Waals surface area contributed by atoms with Gasteiger partial charge in [-0.1, -0.05) is 35.6 Å². The van der Waals surface area contributed by atoms with Gasteiger partial charge in [0.2, 0.25) is 4.80 Å². The second-order valence-corrected chi connectivity index (χ2v) is 5.51. The molecule has 0 aliphatic heterocycles. The van der Waals surface area contributed by atoms with Crippen molar-refractivity contribution in [1.82, 2.24) is 4.57 Å². The Morgan fingerprint density at radius 3 is 2.67 bits per heavy atom. The van der Waals surface area contributed by atoms with Gasteiger partial charge in [0.05, 0.1) is 23.5 Å². The monoisotopic (exact) mass is 297 g/mol. The van der Waals surface area contributed by atoms with Gasteiger partial charge in [-0.25, -0.2) is 0 Å². The zero-order valence-electron chi connectivity index (χ0n) is 11.9. The molecule has 0 aliphatic carbocycles. The first-order valence-corrected chi connectivity index (χ1v) is 7.36. The van der Waals surface area contributed by atoms with E-state index >= 15 is 0 Å². The molecule has 5 heteroatoms. The summed E-state index contributed by atoms with van der Waals surface area (Å²) in [5.74, 6) is 0.789. The summed E-state index contributed by atoms with van der Waals surface area (Å²) >= 11 is 1.62. The molecule has 0 atom stereocenters. The third-order valence-electron chi connectivity index (χ3n) is 3.19. The second-order valence-electron chi connectivity index (χ2n) is 4.50. The number of fused-ring (bicyclic) bond motifs is 1. The van der Waals surface area contributed by atoms with Crippen molar-refractivity contribution in [2.45, 2.75) is 0 Å². The first-order chi connectivity index (χ1) is 10.3. The molecule has 0 radical (unpaired) electrons. The average molecular weight is 297 g/mol. The summed E-state index contributed by atoms with van der Waals surface area (Å²) in [4.78, 5) is 0.863. The fourth-order valence-electron chi connectivity index (χ4n) is 2.09. The lowest BCUT2D eigenvalue weighted by atomic mass is 10.2. The van der Waals surface area contributed by atoms with Crippen LogP contribution in [0.4, 0.5) is 0 Å². The molecule has 0 amide bonds. The van der Waals surface area contributed by atoms with Crippen molar-refractivity contribution < 1.29 is 4.74 Å². The zero-order valence-corrected chi connectivity index (χ0v) is 12.7. The first kappa shape index (κ1) is 13.6. The molecule has 106 valence electrons. The summed E-state index contributed by atoms with van der Waals surface area (Å²) in [6, 6.07) is 15.9. The number of methoxy groups -OCH3 is 1. The van der Waals surface area contributed by atoms with E-state index in [2.05, 4.69) is 22.3 Å². The highest BCUT2D eigenvalue weighted by Crippen LogP contribution is 2.16. The normalized spacial score (nSPS) is 12.4. The lowest BCUT2D eigenvalue weighted by Gasteiger charge is -2.01. The number of aromatic nitrogens is 1. The Morgan fingerprint density at radius 2 is 1.86 bits per heavy atom. The van der Waals surface area contributed by atoms with Crippen LogP contribution >= 0.6 is 11.3 Å². The van der Waals surface area contributed by atoms with Gasteiger partial charge in [-0.05, 0) is 24.3 Å². The maximum absolute atomic E-state index is 5.28. The molecule has 1 heterocycles. The van der Waals surface area contributed by atoms with Crippen molar-refractivity contribution >= 4 is 27.8 Å². The lowest BCUT2D eigenvalue weighted by molar-refractivity contribution is 0.414. The van der Waals surface area contributed by atoms with Crippen LogP contribution in [0.5, 0.6) is 5.75 Å². The maximum Gasteiger partial charge on any atom is 0.211 e. The molecular weight excluding hydrogens is 282 g/mol.